The molecule has 0 spiro atoms. The van der Waals surface area contributed by atoms with Crippen molar-refractivity contribution in [3.8, 4) is 0 Å². The van der Waals surface area contributed by atoms with Gasteiger partial charge < -0.3 is 20.3 Å². The van der Waals surface area contributed by atoms with Crippen LogP contribution in [-0.4, -0.2) is 40.5 Å². The molecule has 5 atom stereocenters. The number of alkyl carbamates (subject to hydrolysis) is 1. The van der Waals surface area contributed by atoms with Gasteiger partial charge in [0, 0.05) is 6.08 Å². The van der Waals surface area contributed by atoms with E-state index in [9.17, 15) is 14.4 Å². The van der Waals surface area contributed by atoms with E-state index in [1.165, 1.54) is 11.1 Å². The second-order valence-corrected chi connectivity index (χ2v) is 10.1. The summed E-state index contributed by atoms with van der Waals surface area (Å²) in [5, 5.41) is 5.54. The Morgan fingerprint density at radius 1 is 1.09 bits per heavy atom. The van der Waals surface area contributed by atoms with Crippen LogP contribution in [0.3, 0.4) is 0 Å². The Labute approximate surface area is 196 Å². The molecule has 0 unspecified atom stereocenters. The SMILES string of the molecule is CC[C@H](C)[C@@H](/C=C/C(=O)N1[C@@H]2CC[C@H]1c1ccccc12)NC(=O)[C@H](C)NC(=O)OC(C)(C)C. The molecule has 33 heavy (non-hydrogen) atoms. The van der Waals surface area contributed by atoms with Gasteiger partial charge in [0.1, 0.15) is 11.6 Å². The fraction of sp³-hybridized carbons (Fsp3) is 0.577. The molecule has 0 radical (unpaired) electrons. The van der Waals surface area contributed by atoms with Crippen molar-refractivity contribution in [1.82, 2.24) is 15.5 Å². The molecule has 0 saturated carbocycles. The van der Waals surface area contributed by atoms with Crippen LogP contribution in [0.2, 0.25) is 0 Å². The van der Waals surface area contributed by atoms with Gasteiger partial charge in [-0.2, -0.15) is 0 Å². The highest BCUT2D eigenvalue weighted by atomic mass is 16.6. The summed E-state index contributed by atoms with van der Waals surface area (Å²) in [6.07, 6.45) is 5.55. The third-order valence-corrected chi connectivity index (χ3v) is 6.49. The molecule has 2 bridgehead atoms. The zero-order chi connectivity index (χ0) is 24.3. The second-order valence-electron chi connectivity index (χ2n) is 10.1. The lowest BCUT2D eigenvalue weighted by Gasteiger charge is -2.25. The maximum Gasteiger partial charge on any atom is 0.408 e. The average molecular weight is 456 g/mol. The van der Waals surface area contributed by atoms with E-state index in [2.05, 4.69) is 22.8 Å². The topological polar surface area (TPSA) is 87.7 Å². The third kappa shape index (κ3) is 5.75. The molecule has 3 amide bonds. The average Bonchev–Trinajstić information content (AvgIpc) is 3.32. The van der Waals surface area contributed by atoms with Crippen molar-refractivity contribution in [2.24, 2.45) is 5.92 Å². The molecule has 3 rings (SSSR count). The zero-order valence-electron chi connectivity index (χ0n) is 20.6. The summed E-state index contributed by atoms with van der Waals surface area (Å²) in [5.41, 5.74) is 1.87. The summed E-state index contributed by atoms with van der Waals surface area (Å²) >= 11 is 0. The number of nitrogens with one attached hydrogen (secondary N) is 2. The van der Waals surface area contributed by atoms with Gasteiger partial charge in [-0.15, -0.1) is 0 Å². The van der Waals surface area contributed by atoms with E-state index in [1.807, 2.05) is 30.9 Å². The minimum Gasteiger partial charge on any atom is -0.444 e. The standard InChI is InChI=1S/C26H37N3O4/c1-7-16(2)20(28-24(31)17(3)27-25(32)33-26(4,5)6)12-15-23(30)29-21-13-14-22(29)19-11-9-8-10-18(19)21/h8-12,15-17,20-22H,7,13-14H2,1-6H3,(H,27,32)(H,28,31)/b15-12+/t16-,17-,20+,21-,22+/m0/s1. The van der Waals surface area contributed by atoms with Crippen LogP contribution in [0.15, 0.2) is 36.4 Å². The van der Waals surface area contributed by atoms with Crippen molar-refractivity contribution in [2.45, 2.75) is 90.6 Å². The van der Waals surface area contributed by atoms with Crippen molar-refractivity contribution in [2.75, 3.05) is 0 Å². The Morgan fingerprint density at radius 3 is 2.18 bits per heavy atom. The van der Waals surface area contributed by atoms with E-state index in [4.69, 9.17) is 4.74 Å². The van der Waals surface area contributed by atoms with Crippen LogP contribution in [0.5, 0.6) is 0 Å². The van der Waals surface area contributed by atoms with Crippen molar-refractivity contribution in [3.05, 3.63) is 47.5 Å². The molecule has 1 aromatic rings. The lowest BCUT2D eigenvalue weighted by Crippen LogP contribution is -2.50. The first kappa shape index (κ1) is 24.8. The summed E-state index contributed by atoms with van der Waals surface area (Å²) in [4.78, 5) is 39.8. The highest BCUT2D eigenvalue weighted by Gasteiger charge is 2.45. The maximum atomic E-state index is 13.1. The number of fused-ring (bicyclic) bond motifs is 5. The maximum absolute atomic E-state index is 13.1. The van der Waals surface area contributed by atoms with Crippen LogP contribution in [0.4, 0.5) is 4.79 Å². The Bertz CT molecular complexity index is 889. The smallest absolute Gasteiger partial charge is 0.408 e. The second kappa shape index (κ2) is 9.98. The fourth-order valence-corrected chi connectivity index (χ4v) is 4.59. The number of nitrogens with zero attached hydrogens (tertiary/aromatic N) is 1. The highest BCUT2D eigenvalue weighted by molar-refractivity contribution is 5.90. The van der Waals surface area contributed by atoms with E-state index in [-0.39, 0.29) is 35.9 Å². The normalized spacial score (nSPS) is 21.9. The number of hydrogen-bond acceptors (Lipinski definition) is 4. The summed E-state index contributed by atoms with van der Waals surface area (Å²) in [7, 11) is 0. The summed E-state index contributed by atoms with van der Waals surface area (Å²) in [6.45, 7) is 11.0. The van der Waals surface area contributed by atoms with E-state index in [1.54, 1.807) is 39.8 Å². The number of amides is 3. The summed E-state index contributed by atoms with van der Waals surface area (Å²) in [6, 6.07) is 7.47. The van der Waals surface area contributed by atoms with Crippen molar-refractivity contribution in [3.63, 3.8) is 0 Å². The predicted molar refractivity (Wildman–Crippen MR) is 127 cm³/mol. The van der Waals surface area contributed by atoms with Crippen LogP contribution in [0.25, 0.3) is 0 Å². The minimum atomic E-state index is -0.764. The molecule has 1 fully saturated rings. The van der Waals surface area contributed by atoms with Crippen LogP contribution in [0, 0.1) is 5.92 Å². The van der Waals surface area contributed by atoms with Crippen molar-refractivity contribution < 1.29 is 19.1 Å². The lowest BCUT2D eigenvalue weighted by atomic mass is 9.92. The van der Waals surface area contributed by atoms with Gasteiger partial charge in [-0.25, -0.2) is 4.79 Å². The quantitative estimate of drug-likeness (QED) is 0.597. The number of benzene rings is 1. The fourth-order valence-electron chi connectivity index (χ4n) is 4.59. The Kier molecular flexibility index (Phi) is 7.50. The van der Waals surface area contributed by atoms with Crippen LogP contribution in [0.1, 0.15) is 84.0 Å². The van der Waals surface area contributed by atoms with E-state index in [0.717, 1.165) is 19.3 Å². The molecule has 1 saturated heterocycles. The first-order valence-electron chi connectivity index (χ1n) is 11.9. The van der Waals surface area contributed by atoms with Gasteiger partial charge in [0.25, 0.3) is 0 Å². The van der Waals surface area contributed by atoms with Gasteiger partial charge in [0.05, 0.1) is 18.1 Å². The molecule has 2 N–H and O–H groups in total. The highest BCUT2D eigenvalue weighted by Crippen LogP contribution is 2.52. The largest absolute Gasteiger partial charge is 0.444 e. The van der Waals surface area contributed by atoms with Gasteiger partial charge in [0.15, 0.2) is 0 Å². The monoisotopic (exact) mass is 455 g/mol. The molecule has 0 aromatic heterocycles. The number of carbonyl (C=O) groups excluding carboxylic acids is 3. The number of ether oxygens (including phenoxy) is 1. The molecule has 0 aliphatic carbocycles. The molecule has 180 valence electrons. The van der Waals surface area contributed by atoms with Crippen LogP contribution >= 0.6 is 0 Å². The van der Waals surface area contributed by atoms with Gasteiger partial charge >= 0.3 is 6.09 Å². The summed E-state index contributed by atoms with van der Waals surface area (Å²) < 4.78 is 5.23. The molecular weight excluding hydrogens is 418 g/mol. The van der Waals surface area contributed by atoms with Crippen molar-refractivity contribution in [1.29, 1.82) is 0 Å². The minimum absolute atomic E-state index is 0.0267. The molecule has 7 heteroatoms. The Balaban J connectivity index is 1.63. The molecule has 1 aromatic carbocycles. The van der Waals surface area contributed by atoms with Gasteiger partial charge in [-0.1, -0.05) is 50.6 Å². The molecule has 2 aliphatic heterocycles. The first-order chi connectivity index (χ1) is 15.5. The molecule has 2 heterocycles. The van der Waals surface area contributed by atoms with Crippen LogP contribution < -0.4 is 10.6 Å². The third-order valence-electron chi connectivity index (χ3n) is 6.49. The van der Waals surface area contributed by atoms with E-state index >= 15 is 0 Å². The van der Waals surface area contributed by atoms with Gasteiger partial charge in [-0.3, -0.25) is 9.59 Å². The number of rotatable bonds is 7. The van der Waals surface area contributed by atoms with Crippen molar-refractivity contribution >= 4 is 17.9 Å². The summed E-state index contributed by atoms with van der Waals surface area (Å²) in [5.74, 6) is -0.225. The molecule has 7 nitrogen and oxygen atoms in total. The van der Waals surface area contributed by atoms with Crippen LogP contribution in [-0.2, 0) is 14.3 Å². The van der Waals surface area contributed by atoms with E-state index < -0.39 is 17.7 Å². The van der Waals surface area contributed by atoms with Gasteiger partial charge in [0.2, 0.25) is 11.8 Å². The Morgan fingerprint density at radius 2 is 1.67 bits per heavy atom. The predicted octanol–water partition coefficient (Wildman–Crippen LogP) is 4.41. The molecular formula is C26H37N3O4. The number of hydrogen-bond donors (Lipinski definition) is 2. The lowest BCUT2D eigenvalue weighted by molar-refractivity contribution is -0.128. The van der Waals surface area contributed by atoms with Gasteiger partial charge in [-0.05, 0) is 57.6 Å². The first-order valence-corrected chi connectivity index (χ1v) is 11.9. The molecule has 2 aliphatic rings. The number of carbonyl (C=O) groups is 3. The zero-order valence-corrected chi connectivity index (χ0v) is 20.6. The van der Waals surface area contributed by atoms with E-state index in [0.29, 0.717) is 0 Å². The Hall–Kier alpha value is -2.83.